The summed E-state index contributed by atoms with van der Waals surface area (Å²) in [6, 6.07) is 2.32. The van der Waals surface area contributed by atoms with Crippen molar-refractivity contribution in [2.24, 2.45) is 0 Å². The molecular formula is C15H19N3S. The standard InChI is InChI=1S/C15H19N3S/c1-2-6-10(5-1)14-16-15(18-17-14)13-9-11-7-3-4-8-12(11)19-13/h9-10H,1-8H2,(H,16,17,18). The number of fused-ring (bicyclic) bond motifs is 1. The Bertz CT molecular complexity index is 554. The van der Waals surface area contributed by atoms with Gasteiger partial charge < -0.3 is 0 Å². The molecule has 0 aromatic carbocycles. The van der Waals surface area contributed by atoms with Crippen molar-refractivity contribution < 1.29 is 0 Å². The highest BCUT2D eigenvalue weighted by Gasteiger charge is 2.22. The molecule has 19 heavy (non-hydrogen) atoms. The van der Waals surface area contributed by atoms with Crippen molar-refractivity contribution in [3.05, 3.63) is 22.3 Å². The summed E-state index contributed by atoms with van der Waals surface area (Å²) >= 11 is 1.90. The molecule has 0 amide bonds. The third kappa shape index (κ3) is 2.12. The van der Waals surface area contributed by atoms with Crippen LogP contribution in [-0.2, 0) is 12.8 Å². The molecule has 3 nitrogen and oxygen atoms in total. The van der Waals surface area contributed by atoms with Crippen LogP contribution in [0, 0.1) is 0 Å². The summed E-state index contributed by atoms with van der Waals surface area (Å²) in [6.45, 7) is 0. The van der Waals surface area contributed by atoms with Gasteiger partial charge in [0.05, 0.1) is 4.88 Å². The molecule has 1 saturated carbocycles. The molecule has 0 atom stereocenters. The SMILES string of the molecule is c1c(-c2n[nH]c(C3CCCC3)n2)sc2c1CCCC2. The number of aromatic nitrogens is 3. The van der Waals surface area contributed by atoms with Crippen LogP contribution in [0.5, 0.6) is 0 Å². The smallest absolute Gasteiger partial charge is 0.191 e. The lowest BCUT2D eigenvalue weighted by Crippen LogP contribution is -1.96. The predicted molar refractivity (Wildman–Crippen MR) is 77.5 cm³/mol. The second-order valence-electron chi connectivity index (χ2n) is 5.79. The van der Waals surface area contributed by atoms with Crippen LogP contribution < -0.4 is 0 Å². The van der Waals surface area contributed by atoms with Gasteiger partial charge in [-0.15, -0.1) is 11.3 Å². The van der Waals surface area contributed by atoms with Crippen molar-refractivity contribution in [3.8, 4) is 10.7 Å². The summed E-state index contributed by atoms with van der Waals surface area (Å²) in [7, 11) is 0. The highest BCUT2D eigenvalue weighted by atomic mass is 32.1. The van der Waals surface area contributed by atoms with Gasteiger partial charge in [-0.2, -0.15) is 5.10 Å². The quantitative estimate of drug-likeness (QED) is 0.896. The second-order valence-corrected chi connectivity index (χ2v) is 6.93. The van der Waals surface area contributed by atoms with E-state index in [1.165, 1.54) is 56.2 Å². The monoisotopic (exact) mass is 273 g/mol. The van der Waals surface area contributed by atoms with Crippen LogP contribution in [0.3, 0.4) is 0 Å². The van der Waals surface area contributed by atoms with Crippen molar-refractivity contribution in [3.63, 3.8) is 0 Å². The van der Waals surface area contributed by atoms with Crippen LogP contribution in [0.15, 0.2) is 6.07 Å². The van der Waals surface area contributed by atoms with Crippen LogP contribution in [0.1, 0.15) is 60.7 Å². The largest absolute Gasteiger partial charge is 0.262 e. The molecule has 1 fully saturated rings. The zero-order valence-electron chi connectivity index (χ0n) is 11.1. The number of H-pyrrole nitrogens is 1. The fraction of sp³-hybridized carbons (Fsp3) is 0.600. The zero-order chi connectivity index (χ0) is 12.7. The van der Waals surface area contributed by atoms with E-state index in [0.717, 1.165) is 11.6 Å². The Hall–Kier alpha value is -1.16. The van der Waals surface area contributed by atoms with E-state index in [4.69, 9.17) is 4.98 Å². The molecule has 4 rings (SSSR count). The van der Waals surface area contributed by atoms with Crippen LogP contribution in [0.4, 0.5) is 0 Å². The Morgan fingerprint density at radius 3 is 2.79 bits per heavy atom. The van der Waals surface area contributed by atoms with Crippen LogP contribution in [0.25, 0.3) is 10.7 Å². The fourth-order valence-electron chi connectivity index (χ4n) is 3.37. The first-order valence-electron chi connectivity index (χ1n) is 7.44. The molecular weight excluding hydrogens is 254 g/mol. The number of rotatable bonds is 2. The first-order valence-corrected chi connectivity index (χ1v) is 8.26. The topological polar surface area (TPSA) is 41.6 Å². The molecule has 2 aliphatic rings. The number of aryl methyl sites for hydroxylation is 2. The minimum atomic E-state index is 0.621. The zero-order valence-corrected chi connectivity index (χ0v) is 11.9. The number of nitrogens with zero attached hydrogens (tertiary/aromatic N) is 2. The summed E-state index contributed by atoms with van der Waals surface area (Å²) in [4.78, 5) is 7.57. The normalized spacial score (nSPS) is 19.8. The molecule has 0 aliphatic heterocycles. The van der Waals surface area contributed by atoms with Crippen molar-refractivity contribution in [1.29, 1.82) is 0 Å². The lowest BCUT2D eigenvalue weighted by atomic mass is 9.99. The van der Waals surface area contributed by atoms with Gasteiger partial charge in [-0.1, -0.05) is 12.8 Å². The molecule has 1 N–H and O–H groups in total. The molecule has 0 saturated heterocycles. The van der Waals surface area contributed by atoms with Gasteiger partial charge in [0, 0.05) is 10.8 Å². The summed E-state index contributed by atoms with van der Waals surface area (Å²) in [5.74, 6) is 2.65. The van der Waals surface area contributed by atoms with Crippen molar-refractivity contribution in [2.45, 2.75) is 57.3 Å². The predicted octanol–water partition coefficient (Wildman–Crippen LogP) is 4.07. The van der Waals surface area contributed by atoms with E-state index >= 15 is 0 Å². The Morgan fingerprint density at radius 2 is 1.95 bits per heavy atom. The van der Waals surface area contributed by atoms with Crippen molar-refractivity contribution in [1.82, 2.24) is 15.2 Å². The molecule has 0 spiro atoms. The van der Waals surface area contributed by atoms with Gasteiger partial charge in [0.2, 0.25) is 0 Å². The summed E-state index contributed by atoms with van der Waals surface area (Å²) in [5, 5.41) is 7.62. The van der Waals surface area contributed by atoms with Gasteiger partial charge in [0.25, 0.3) is 0 Å². The highest BCUT2D eigenvalue weighted by molar-refractivity contribution is 7.15. The number of hydrogen-bond acceptors (Lipinski definition) is 3. The molecule has 0 unspecified atom stereocenters. The van der Waals surface area contributed by atoms with Crippen LogP contribution in [0.2, 0.25) is 0 Å². The second kappa shape index (κ2) is 4.75. The maximum atomic E-state index is 4.75. The maximum absolute atomic E-state index is 4.75. The maximum Gasteiger partial charge on any atom is 0.191 e. The van der Waals surface area contributed by atoms with Gasteiger partial charge in [-0.3, -0.25) is 5.10 Å². The van der Waals surface area contributed by atoms with E-state index in [1.807, 2.05) is 11.3 Å². The third-order valence-corrected chi connectivity index (χ3v) is 5.69. The van der Waals surface area contributed by atoms with E-state index in [9.17, 15) is 0 Å². The molecule has 2 aromatic heterocycles. The van der Waals surface area contributed by atoms with E-state index < -0.39 is 0 Å². The minimum absolute atomic E-state index is 0.621. The van der Waals surface area contributed by atoms with Gasteiger partial charge in [-0.25, -0.2) is 4.98 Å². The lowest BCUT2D eigenvalue weighted by molar-refractivity contribution is 0.672. The molecule has 0 radical (unpaired) electrons. The van der Waals surface area contributed by atoms with Gasteiger partial charge in [0.1, 0.15) is 5.82 Å². The molecule has 4 heteroatoms. The summed E-state index contributed by atoms with van der Waals surface area (Å²) in [5.41, 5.74) is 1.54. The molecule has 2 aliphatic carbocycles. The average Bonchev–Trinajstić information content (AvgIpc) is 3.17. The van der Waals surface area contributed by atoms with E-state index in [1.54, 1.807) is 10.4 Å². The number of hydrogen-bond donors (Lipinski definition) is 1. The summed E-state index contributed by atoms with van der Waals surface area (Å²) in [6.07, 6.45) is 10.4. The van der Waals surface area contributed by atoms with Crippen LogP contribution in [-0.4, -0.2) is 15.2 Å². The van der Waals surface area contributed by atoms with E-state index in [-0.39, 0.29) is 0 Å². The Kier molecular flexibility index (Phi) is 2.91. The Labute approximate surface area is 117 Å². The Balaban J connectivity index is 1.63. The van der Waals surface area contributed by atoms with Crippen molar-refractivity contribution >= 4 is 11.3 Å². The third-order valence-electron chi connectivity index (χ3n) is 4.46. The highest BCUT2D eigenvalue weighted by Crippen LogP contribution is 2.36. The van der Waals surface area contributed by atoms with Gasteiger partial charge >= 0.3 is 0 Å². The molecule has 2 heterocycles. The lowest BCUT2D eigenvalue weighted by Gasteiger charge is -2.08. The average molecular weight is 273 g/mol. The van der Waals surface area contributed by atoms with E-state index in [0.29, 0.717) is 5.92 Å². The number of nitrogens with one attached hydrogen (secondary N) is 1. The summed E-state index contributed by atoms with van der Waals surface area (Å²) < 4.78 is 0. The first-order chi connectivity index (χ1) is 9.40. The number of aromatic amines is 1. The van der Waals surface area contributed by atoms with E-state index in [2.05, 4.69) is 16.3 Å². The van der Waals surface area contributed by atoms with Gasteiger partial charge in [0.15, 0.2) is 5.82 Å². The minimum Gasteiger partial charge on any atom is -0.262 e. The molecule has 0 bridgehead atoms. The van der Waals surface area contributed by atoms with Crippen LogP contribution >= 0.6 is 11.3 Å². The number of thiophene rings is 1. The van der Waals surface area contributed by atoms with Gasteiger partial charge in [-0.05, 0) is 50.2 Å². The Morgan fingerprint density at radius 1 is 1.11 bits per heavy atom. The molecule has 100 valence electrons. The first kappa shape index (κ1) is 11.6. The van der Waals surface area contributed by atoms with Crippen molar-refractivity contribution in [2.75, 3.05) is 0 Å². The molecule has 2 aromatic rings. The fourth-order valence-corrected chi connectivity index (χ4v) is 4.55.